The van der Waals surface area contributed by atoms with Crippen LogP contribution < -0.4 is 11.0 Å². The van der Waals surface area contributed by atoms with Crippen LogP contribution >= 0.6 is 0 Å². The molecule has 0 fully saturated rings. The van der Waals surface area contributed by atoms with Crippen molar-refractivity contribution in [1.82, 2.24) is 19.4 Å². The molecule has 3 aromatic rings. The van der Waals surface area contributed by atoms with E-state index >= 15 is 0 Å². The molecule has 9 nitrogen and oxygen atoms in total. The van der Waals surface area contributed by atoms with Crippen molar-refractivity contribution in [2.75, 3.05) is 7.05 Å². The predicted octanol–water partition coefficient (Wildman–Crippen LogP) is 1.44. The third-order valence-electron chi connectivity index (χ3n) is 4.37. The number of nitrogens with zero attached hydrogens (tertiary/aromatic N) is 3. The molecular formula is C18H15F3N4O5S. The predicted molar refractivity (Wildman–Crippen MR) is 102 cm³/mol. The van der Waals surface area contributed by atoms with Crippen LogP contribution in [0.3, 0.4) is 0 Å². The third-order valence-corrected chi connectivity index (χ3v) is 5.87. The first-order chi connectivity index (χ1) is 14.5. The summed E-state index contributed by atoms with van der Waals surface area (Å²) in [6.45, 7) is -0.106. The Hall–Kier alpha value is -3.61. The van der Waals surface area contributed by atoms with E-state index in [1.54, 1.807) is 0 Å². The highest BCUT2D eigenvalue weighted by atomic mass is 32.2. The molecule has 0 saturated carbocycles. The number of nitrogens with one attached hydrogen (secondary N) is 1. The van der Waals surface area contributed by atoms with Gasteiger partial charge in [-0.15, -0.1) is 0 Å². The maximum Gasteiger partial charge on any atom is 0.501 e. The van der Waals surface area contributed by atoms with Crippen LogP contribution in [-0.2, 0) is 16.4 Å². The van der Waals surface area contributed by atoms with E-state index in [0.717, 1.165) is 27.5 Å². The number of sulfone groups is 1. The van der Waals surface area contributed by atoms with Crippen molar-refractivity contribution in [3.05, 3.63) is 70.5 Å². The Balaban J connectivity index is 1.99. The van der Waals surface area contributed by atoms with Crippen molar-refractivity contribution < 1.29 is 31.5 Å². The first-order valence-corrected chi connectivity index (χ1v) is 10.0. The summed E-state index contributed by atoms with van der Waals surface area (Å²) in [6, 6.07) is 4.82. The van der Waals surface area contributed by atoms with Gasteiger partial charge in [0.2, 0.25) is 5.88 Å². The van der Waals surface area contributed by atoms with Crippen LogP contribution in [0.25, 0.3) is 5.69 Å². The van der Waals surface area contributed by atoms with Gasteiger partial charge in [-0.25, -0.2) is 17.8 Å². The Bertz CT molecular complexity index is 1290. The summed E-state index contributed by atoms with van der Waals surface area (Å²) in [5.41, 5.74) is -5.64. The van der Waals surface area contributed by atoms with Crippen molar-refractivity contribution in [2.24, 2.45) is 0 Å². The average molecular weight is 456 g/mol. The van der Waals surface area contributed by atoms with E-state index in [1.807, 2.05) is 0 Å². The molecule has 0 atom stereocenters. The van der Waals surface area contributed by atoms with Crippen LogP contribution in [0.15, 0.2) is 58.6 Å². The van der Waals surface area contributed by atoms with E-state index in [4.69, 9.17) is 0 Å². The highest BCUT2D eigenvalue weighted by Gasteiger charge is 2.46. The van der Waals surface area contributed by atoms with Crippen LogP contribution in [0.1, 0.15) is 15.9 Å². The molecule has 1 aromatic carbocycles. The summed E-state index contributed by atoms with van der Waals surface area (Å²) >= 11 is 0. The van der Waals surface area contributed by atoms with Crippen LogP contribution in [0.2, 0.25) is 0 Å². The Kier molecular flexibility index (Phi) is 5.63. The van der Waals surface area contributed by atoms with Crippen LogP contribution in [0.5, 0.6) is 5.88 Å². The number of benzene rings is 1. The lowest BCUT2D eigenvalue weighted by Crippen LogP contribution is -2.26. The van der Waals surface area contributed by atoms with Gasteiger partial charge >= 0.3 is 11.2 Å². The zero-order chi connectivity index (χ0) is 23.0. The first-order valence-electron chi connectivity index (χ1n) is 8.55. The van der Waals surface area contributed by atoms with Crippen molar-refractivity contribution >= 4 is 15.7 Å². The summed E-state index contributed by atoms with van der Waals surface area (Å²) in [5.74, 6) is -0.965. The van der Waals surface area contributed by atoms with Crippen molar-refractivity contribution in [3.8, 4) is 11.6 Å². The molecule has 1 amide bonds. The number of aromatic hydroxyl groups is 1. The maximum atomic E-state index is 12.7. The molecule has 31 heavy (non-hydrogen) atoms. The SMILES string of the molecule is CNC(=O)c1cnccc1Cn1cc(O)n(-c2ccc(S(=O)(=O)C(F)(F)F)cc2)c1=O. The molecule has 3 rings (SSSR count). The van der Waals surface area contributed by atoms with Crippen LogP contribution in [0.4, 0.5) is 13.2 Å². The highest BCUT2D eigenvalue weighted by molar-refractivity contribution is 7.92. The van der Waals surface area contributed by atoms with Crippen LogP contribution in [0, 0.1) is 0 Å². The van der Waals surface area contributed by atoms with Gasteiger partial charge in [-0.2, -0.15) is 13.2 Å². The number of carbonyl (C=O) groups excluding carboxylic acids is 1. The quantitative estimate of drug-likeness (QED) is 0.599. The van der Waals surface area contributed by atoms with Gasteiger partial charge in [0.25, 0.3) is 15.7 Å². The number of carbonyl (C=O) groups is 1. The molecule has 0 aliphatic heterocycles. The summed E-state index contributed by atoms with van der Waals surface area (Å²) in [7, 11) is -4.12. The third kappa shape index (κ3) is 4.03. The number of alkyl halides is 3. The van der Waals surface area contributed by atoms with Crippen molar-refractivity contribution in [3.63, 3.8) is 0 Å². The lowest BCUT2D eigenvalue weighted by molar-refractivity contribution is -0.0436. The molecule has 13 heteroatoms. The number of hydrogen-bond acceptors (Lipinski definition) is 6. The molecule has 2 aromatic heterocycles. The molecule has 0 bridgehead atoms. The lowest BCUT2D eigenvalue weighted by atomic mass is 10.1. The van der Waals surface area contributed by atoms with Gasteiger partial charge in [-0.3, -0.25) is 14.3 Å². The second kappa shape index (κ2) is 7.91. The molecule has 164 valence electrons. The van der Waals surface area contributed by atoms with E-state index in [0.29, 0.717) is 17.7 Å². The van der Waals surface area contributed by atoms with E-state index < -0.39 is 37.7 Å². The molecule has 0 spiro atoms. The number of pyridine rings is 1. The molecule has 2 heterocycles. The smallest absolute Gasteiger partial charge is 0.493 e. The van der Waals surface area contributed by atoms with E-state index in [1.165, 1.54) is 25.5 Å². The fourth-order valence-electron chi connectivity index (χ4n) is 2.83. The molecule has 0 saturated heterocycles. The van der Waals surface area contributed by atoms with Gasteiger partial charge < -0.3 is 10.4 Å². The van der Waals surface area contributed by atoms with Gasteiger partial charge in [0.15, 0.2) is 0 Å². The Morgan fingerprint density at radius 1 is 1.19 bits per heavy atom. The van der Waals surface area contributed by atoms with Gasteiger partial charge in [-0.05, 0) is 35.9 Å². The van der Waals surface area contributed by atoms with Gasteiger partial charge in [-0.1, -0.05) is 0 Å². The summed E-state index contributed by atoms with van der Waals surface area (Å²) in [4.78, 5) is 27.6. The van der Waals surface area contributed by atoms with Crippen LogP contribution in [-0.4, -0.2) is 46.1 Å². The minimum absolute atomic E-state index is 0.0522. The van der Waals surface area contributed by atoms with Gasteiger partial charge in [0.05, 0.1) is 28.9 Å². The van der Waals surface area contributed by atoms with E-state index in [9.17, 15) is 36.3 Å². The minimum Gasteiger partial charge on any atom is -0.493 e. The van der Waals surface area contributed by atoms with Gasteiger partial charge in [0, 0.05) is 19.4 Å². The number of halogens is 3. The Morgan fingerprint density at radius 2 is 1.84 bits per heavy atom. The molecular weight excluding hydrogens is 441 g/mol. The summed E-state index contributed by atoms with van der Waals surface area (Å²) in [5, 5.41) is 12.6. The molecule has 0 aliphatic rings. The molecule has 2 N–H and O–H groups in total. The van der Waals surface area contributed by atoms with E-state index in [2.05, 4.69) is 10.3 Å². The number of hydrogen-bond donors (Lipinski definition) is 2. The number of aromatic nitrogens is 3. The number of amides is 1. The van der Waals surface area contributed by atoms with E-state index in [-0.39, 0.29) is 17.8 Å². The lowest BCUT2D eigenvalue weighted by Gasteiger charge is -2.09. The highest BCUT2D eigenvalue weighted by Crippen LogP contribution is 2.30. The summed E-state index contributed by atoms with van der Waals surface area (Å²) < 4.78 is 62.8. The number of rotatable bonds is 5. The topological polar surface area (TPSA) is 123 Å². The zero-order valence-electron chi connectivity index (χ0n) is 15.8. The molecule has 0 unspecified atom stereocenters. The second-order valence-corrected chi connectivity index (χ2v) is 8.23. The van der Waals surface area contributed by atoms with Crippen molar-refractivity contribution in [2.45, 2.75) is 16.9 Å². The van der Waals surface area contributed by atoms with Crippen molar-refractivity contribution in [1.29, 1.82) is 0 Å². The summed E-state index contributed by atoms with van der Waals surface area (Å²) in [6.07, 6.45) is 3.82. The monoisotopic (exact) mass is 456 g/mol. The fourth-order valence-corrected chi connectivity index (χ4v) is 3.59. The average Bonchev–Trinajstić information content (AvgIpc) is 3.00. The molecule has 0 radical (unpaired) electrons. The largest absolute Gasteiger partial charge is 0.501 e. The maximum absolute atomic E-state index is 12.7. The number of imidazole rings is 1. The Labute approximate surface area is 173 Å². The second-order valence-electron chi connectivity index (χ2n) is 6.29. The minimum atomic E-state index is -5.55. The standard InChI is InChI=1S/C18H15F3N4O5S/c1-22-16(27)14-8-23-7-6-11(14)9-24-10-15(26)25(17(24)28)12-2-4-13(5-3-12)31(29,30)18(19,20)21/h2-8,10,26H,9H2,1H3,(H,22,27). The van der Waals surface area contributed by atoms with Gasteiger partial charge in [0.1, 0.15) is 0 Å². The Morgan fingerprint density at radius 3 is 2.42 bits per heavy atom. The normalized spacial score (nSPS) is 12.0. The molecule has 0 aliphatic carbocycles. The first kappa shape index (κ1) is 22.1. The fraction of sp³-hybridized carbons (Fsp3) is 0.167. The zero-order valence-corrected chi connectivity index (χ0v) is 16.6.